The molecular weight excluding hydrogens is 346 g/mol. The highest BCUT2D eigenvalue weighted by Gasteiger charge is 2.06. The standard InChI is InChI=1S/C20H19N3O2S/c1-14-22-17-9-8-16(13-18(17)26-14)23-20(25)11-12-21-19(24)10-7-15-5-3-2-4-6-15/h2-10,13H,11-12H2,1H3,(H,21,24)(H,23,25)/b10-7+. The average Bonchev–Trinajstić information content (AvgIpc) is 3.00. The van der Waals surface area contributed by atoms with Crippen molar-refractivity contribution in [3.8, 4) is 0 Å². The van der Waals surface area contributed by atoms with Crippen molar-refractivity contribution in [1.82, 2.24) is 10.3 Å². The van der Waals surface area contributed by atoms with Gasteiger partial charge in [0.15, 0.2) is 0 Å². The van der Waals surface area contributed by atoms with Gasteiger partial charge in [-0.05, 0) is 36.8 Å². The first-order valence-electron chi connectivity index (χ1n) is 8.28. The van der Waals surface area contributed by atoms with Crippen LogP contribution in [0.1, 0.15) is 17.0 Å². The summed E-state index contributed by atoms with van der Waals surface area (Å²) in [5.74, 6) is -0.360. The quantitative estimate of drug-likeness (QED) is 0.653. The fourth-order valence-electron chi connectivity index (χ4n) is 2.44. The topological polar surface area (TPSA) is 71.1 Å². The molecule has 0 unspecified atom stereocenters. The molecule has 0 atom stereocenters. The lowest BCUT2D eigenvalue weighted by Gasteiger charge is -2.05. The molecule has 3 rings (SSSR count). The molecule has 0 saturated heterocycles. The van der Waals surface area contributed by atoms with Crippen LogP contribution in [-0.2, 0) is 9.59 Å². The van der Waals surface area contributed by atoms with Gasteiger partial charge in [0.1, 0.15) is 0 Å². The maximum atomic E-state index is 12.0. The SMILES string of the molecule is Cc1nc2ccc(NC(=O)CCNC(=O)/C=C/c3ccccc3)cc2s1. The Morgan fingerprint density at radius 2 is 1.96 bits per heavy atom. The lowest BCUT2D eigenvalue weighted by Crippen LogP contribution is -2.26. The van der Waals surface area contributed by atoms with Gasteiger partial charge in [0, 0.05) is 24.7 Å². The normalized spacial score (nSPS) is 11.0. The first-order chi connectivity index (χ1) is 12.6. The second kappa shape index (κ2) is 8.40. The molecule has 2 N–H and O–H groups in total. The van der Waals surface area contributed by atoms with Crippen molar-refractivity contribution in [2.75, 3.05) is 11.9 Å². The molecule has 2 aromatic carbocycles. The number of rotatable bonds is 6. The maximum Gasteiger partial charge on any atom is 0.244 e. The van der Waals surface area contributed by atoms with Crippen LogP contribution in [0, 0.1) is 6.92 Å². The molecule has 0 saturated carbocycles. The van der Waals surface area contributed by atoms with Gasteiger partial charge in [-0.1, -0.05) is 30.3 Å². The second-order valence-electron chi connectivity index (χ2n) is 5.75. The summed E-state index contributed by atoms with van der Waals surface area (Å²) < 4.78 is 1.04. The van der Waals surface area contributed by atoms with Crippen LogP contribution in [0.15, 0.2) is 54.6 Å². The van der Waals surface area contributed by atoms with E-state index in [-0.39, 0.29) is 24.8 Å². The molecule has 3 aromatic rings. The third-order valence-electron chi connectivity index (χ3n) is 3.66. The van der Waals surface area contributed by atoms with Crippen molar-refractivity contribution < 1.29 is 9.59 Å². The minimum atomic E-state index is -0.219. The maximum absolute atomic E-state index is 12.0. The van der Waals surface area contributed by atoms with E-state index in [0.717, 1.165) is 26.5 Å². The Bertz CT molecular complexity index is 948. The highest BCUT2D eigenvalue weighted by molar-refractivity contribution is 7.18. The lowest BCUT2D eigenvalue weighted by molar-refractivity contribution is -0.117. The van der Waals surface area contributed by atoms with Gasteiger partial charge in [0.05, 0.1) is 15.2 Å². The molecular formula is C20H19N3O2S. The van der Waals surface area contributed by atoms with Gasteiger partial charge in [0.25, 0.3) is 0 Å². The summed E-state index contributed by atoms with van der Waals surface area (Å²) in [5, 5.41) is 6.55. The van der Waals surface area contributed by atoms with Crippen LogP contribution in [0.25, 0.3) is 16.3 Å². The first-order valence-corrected chi connectivity index (χ1v) is 9.10. The Morgan fingerprint density at radius 3 is 2.77 bits per heavy atom. The number of aromatic nitrogens is 1. The van der Waals surface area contributed by atoms with E-state index in [9.17, 15) is 9.59 Å². The van der Waals surface area contributed by atoms with Crippen LogP contribution < -0.4 is 10.6 Å². The molecule has 132 valence electrons. The number of anilines is 1. The highest BCUT2D eigenvalue weighted by atomic mass is 32.1. The minimum absolute atomic E-state index is 0.141. The summed E-state index contributed by atoms with van der Waals surface area (Å²) >= 11 is 1.59. The van der Waals surface area contributed by atoms with Gasteiger partial charge in [-0.2, -0.15) is 0 Å². The number of carbonyl (C=O) groups excluding carboxylic acids is 2. The summed E-state index contributed by atoms with van der Waals surface area (Å²) in [4.78, 5) is 28.2. The van der Waals surface area contributed by atoms with Crippen LogP contribution in [0.2, 0.25) is 0 Å². The smallest absolute Gasteiger partial charge is 0.244 e. The van der Waals surface area contributed by atoms with E-state index in [2.05, 4.69) is 15.6 Å². The van der Waals surface area contributed by atoms with Gasteiger partial charge in [-0.3, -0.25) is 9.59 Å². The van der Waals surface area contributed by atoms with Gasteiger partial charge in [-0.15, -0.1) is 11.3 Å². The van der Waals surface area contributed by atoms with Crippen molar-refractivity contribution in [3.05, 3.63) is 65.2 Å². The number of nitrogens with zero attached hydrogens (tertiary/aromatic N) is 1. The number of hydrogen-bond donors (Lipinski definition) is 2. The summed E-state index contributed by atoms with van der Waals surface area (Å²) in [5.41, 5.74) is 2.62. The zero-order chi connectivity index (χ0) is 18.4. The van der Waals surface area contributed by atoms with Crippen LogP contribution in [-0.4, -0.2) is 23.3 Å². The van der Waals surface area contributed by atoms with E-state index >= 15 is 0 Å². The predicted octanol–water partition coefficient (Wildman–Crippen LogP) is 3.76. The number of thiazole rings is 1. The van der Waals surface area contributed by atoms with Crippen molar-refractivity contribution in [2.24, 2.45) is 0 Å². The second-order valence-corrected chi connectivity index (χ2v) is 6.98. The Labute approximate surface area is 155 Å². The molecule has 26 heavy (non-hydrogen) atoms. The Kier molecular flexibility index (Phi) is 5.76. The predicted molar refractivity (Wildman–Crippen MR) is 106 cm³/mol. The molecule has 1 aromatic heterocycles. The molecule has 0 fully saturated rings. The number of benzene rings is 2. The molecule has 0 radical (unpaired) electrons. The van der Waals surface area contributed by atoms with Crippen molar-refractivity contribution in [3.63, 3.8) is 0 Å². The third kappa shape index (κ3) is 5.00. The Morgan fingerprint density at radius 1 is 1.15 bits per heavy atom. The summed E-state index contributed by atoms with van der Waals surface area (Å²) in [6.45, 7) is 2.24. The molecule has 0 bridgehead atoms. The van der Waals surface area contributed by atoms with Gasteiger partial charge < -0.3 is 10.6 Å². The fourth-order valence-corrected chi connectivity index (χ4v) is 3.30. The van der Waals surface area contributed by atoms with E-state index in [1.807, 2.05) is 55.5 Å². The molecule has 2 amide bonds. The highest BCUT2D eigenvalue weighted by Crippen LogP contribution is 2.24. The minimum Gasteiger partial charge on any atom is -0.352 e. The molecule has 5 nitrogen and oxygen atoms in total. The largest absolute Gasteiger partial charge is 0.352 e. The van der Waals surface area contributed by atoms with E-state index < -0.39 is 0 Å². The van der Waals surface area contributed by atoms with Crippen LogP contribution >= 0.6 is 11.3 Å². The van der Waals surface area contributed by atoms with E-state index in [0.29, 0.717) is 0 Å². The van der Waals surface area contributed by atoms with Crippen LogP contribution in [0.4, 0.5) is 5.69 Å². The zero-order valence-electron chi connectivity index (χ0n) is 14.4. The molecule has 0 spiro atoms. The van der Waals surface area contributed by atoms with E-state index in [1.165, 1.54) is 6.08 Å². The monoisotopic (exact) mass is 365 g/mol. The van der Waals surface area contributed by atoms with Crippen molar-refractivity contribution in [1.29, 1.82) is 0 Å². The molecule has 6 heteroatoms. The average molecular weight is 365 g/mol. The molecule has 0 aliphatic carbocycles. The van der Waals surface area contributed by atoms with Crippen molar-refractivity contribution >= 4 is 45.1 Å². The number of aryl methyl sites for hydroxylation is 1. The van der Waals surface area contributed by atoms with E-state index in [4.69, 9.17) is 0 Å². The van der Waals surface area contributed by atoms with Gasteiger partial charge in [-0.25, -0.2) is 4.98 Å². The lowest BCUT2D eigenvalue weighted by atomic mass is 10.2. The van der Waals surface area contributed by atoms with Crippen molar-refractivity contribution in [2.45, 2.75) is 13.3 Å². The molecule has 1 heterocycles. The van der Waals surface area contributed by atoms with Gasteiger partial charge in [0.2, 0.25) is 11.8 Å². The summed E-state index contributed by atoms with van der Waals surface area (Å²) in [6.07, 6.45) is 3.42. The first kappa shape index (κ1) is 17.8. The Hall–Kier alpha value is -2.99. The number of amides is 2. The van der Waals surface area contributed by atoms with Crippen LogP contribution in [0.5, 0.6) is 0 Å². The third-order valence-corrected chi connectivity index (χ3v) is 4.59. The molecule has 0 aliphatic heterocycles. The van der Waals surface area contributed by atoms with E-state index in [1.54, 1.807) is 17.4 Å². The van der Waals surface area contributed by atoms with Crippen LogP contribution in [0.3, 0.4) is 0 Å². The summed E-state index contributed by atoms with van der Waals surface area (Å²) in [6, 6.07) is 15.2. The zero-order valence-corrected chi connectivity index (χ0v) is 15.2. The molecule has 0 aliphatic rings. The Balaban J connectivity index is 1.44. The number of carbonyl (C=O) groups is 2. The number of nitrogens with one attached hydrogen (secondary N) is 2. The van der Waals surface area contributed by atoms with Gasteiger partial charge >= 0.3 is 0 Å². The number of hydrogen-bond acceptors (Lipinski definition) is 4. The number of fused-ring (bicyclic) bond motifs is 1. The fraction of sp³-hybridized carbons (Fsp3) is 0.150. The summed E-state index contributed by atoms with van der Waals surface area (Å²) in [7, 11) is 0.